The van der Waals surface area contributed by atoms with Crippen molar-refractivity contribution in [3.8, 4) is 0 Å². The van der Waals surface area contributed by atoms with Gasteiger partial charge in [-0.3, -0.25) is 0 Å². The molecule has 0 radical (unpaired) electrons. The lowest BCUT2D eigenvalue weighted by Gasteiger charge is -2.21. The van der Waals surface area contributed by atoms with E-state index in [-0.39, 0.29) is 0 Å². The fraction of sp³-hybridized carbons (Fsp3) is 0.818. The second-order valence-electron chi connectivity index (χ2n) is 4.37. The third kappa shape index (κ3) is 8.17. The molecule has 0 aliphatic carbocycles. The van der Waals surface area contributed by atoms with Crippen molar-refractivity contribution in [2.24, 2.45) is 0 Å². The van der Waals surface area contributed by atoms with Crippen LogP contribution >= 0.6 is 0 Å². The highest BCUT2D eigenvalue weighted by Crippen LogP contribution is 2.13. The summed E-state index contributed by atoms with van der Waals surface area (Å²) in [6, 6.07) is 0. The third-order valence-corrected chi connectivity index (χ3v) is 2.27. The van der Waals surface area contributed by atoms with Crippen molar-refractivity contribution in [2.45, 2.75) is 52.8 Å². The first-order chi connectivity index (χ1) is 6.49. The van der Waals surface area contributed by atoms with Crippen LogP contribution in [-0.4, -0.2) is 14.9 Å². The van der Waals surface area contributed by atoms with Gasteiger partial charge in [0, 0.05) is 0 Å². The molecule has 0 heterocycles. The molecule has 0 fully saturated rings. The number of hydrogen-bond acceptors (Lipinski definition) is 2. The van der Waals surface area contributed by atoms with Crippen molar-refractivity contribution < 1.29 is 9.16 Å². The van der Waals surface area contributed by atoms with Gasteiger partial charge in [-0.25, -0.2) is 0 Å². The highest BCUT2D eigenvalue weighted by molar-refractivity contribution is 6.69. The van der Waals surface area contributed by atoms with Crippen LogP contribution < -0.4 is 0 Å². The highest BCUT2D eigenvalue weighted by atomic mass is 28.4. The van der Waals surface area contributed by atoms with Crippen LogP contribution in [0.25, 0.3) is 0 Å². The molecule has 0 atom stereocenters. The van der Waals surface area contributed by atoms with E-state index in [0.29, 0.717) is 0 Å². The average molecular weight is 216 g/mol. The van der Waals surface area contributed by atoms with Gasteiger partial charge in [-0.15, -0.1) is 0 Å². The van der Waals surface area contributed by atoms with Crippen molar-refractivity contribution >= 4 is 8.32 Å². The monoisotopic (exact) mass is 216 g/mol. The van der Waals surface area contributed by atoms with Gasteiger partial charge in [-0.2, -0.15) is 0 Å². The van der Waals surface area contributed by atoms with Gasteiger partial charge in [0.25, 0.3) is 5.95 Å². The fourth-order valence-corrected chi connectivity index (χ4v) is 1.64. The lowest BCUT2D eigenvalue weighted by molar-refractivity contribution is 0.102. The molecule has 0 bridgehead atoms. The van der Waals surface area contributed by atoms with Crippen LogP contribution in [0.2, 0.25) is 19.6 Å². The van der Waals surface area contributed by atoms with Crippen molar-refractivity contribution in [3.05, 3.63) is 12.0 Å². The van der Waals surface area contributed by atoms with Gasteiger partial charge in [-0.1, -0.05) is 20.3 Å². The first-order valence-electron chi connectivity index (χ1n) is 5.51. The molecule has 0 saturated heterocycles. The summed E-state index contributed by atoms with van der Waals surface area (Å²) in [6.07, 6.45) is 5.25. The molecule has 0 aromatic heterocycles. The number of ether oxygens (including phenoxy) is 1. The number of hydrogen-bond donors (Lipinski definition) is 0. The quantitative estimate of drug-likeness (QED) is 0.474. The smallest absolute Gasteiger partial charge is 0.261 e. The lowest BCUT2D eigenvalue weighted by Crippen LogP contribution is -2.25. The summed E-state index contributed by atoms with van der Waals surface area (Å²) in [5.41, 5.74) is 0. The van der Waals surface area contributed by atoms with Gasteiger partial charge < -0.3 is 9.16 Å². The third-order valence-electron chi connectivity index (χ3n) is 1.45. The Morgan fingerprint density at radius 2 is 1.79 bits per heavy atom. The molecule has 0 aromatic rings. The average Bonchev–Trinajstić information content (AvgIpc) is 2.07. The molecule has 0 unspecified atom stereocenters. The largest absolute Gasteiger partial charge is 0.520 e. The summed E-state index contributed by atoms with van der Waals surface area (Å²) in [4.78, 5) is 0. The zero-order valence-corrected chi connectivity index (χ0v) is 11.2. The summed E-state index contributed by atoms with van der Waals surface area (Å²) in [7, 11) is -1.51. The summed E-state index contributed by atoms with van der Waals surface area (Å²) >= 11 is 0. The van der Waals surface area contributed by atoms with Crippen LogP contribution in [-0.2, 0) is 9.16 Å². The first-order valence-corrected chi connectivity index (χ1v) is 8.92. The molecule has 3 heteroatoms. The molecule has 2 nitrogen and oxygen atoms in total. The molecule has 0 aliphatic rings. The van der Waals surface area contributed by atoms with E-state index in [1.165, 1.54) is 0 Å². The normalized spacial score (nSPS) is 12.8. The maximum absolute atomic E-state index is 5.82. The molecule has 0 spiro atoms. The Morgan fingerprint density at radius 3 is 2.21 bits per heavy atom. The maximum atomic E-state index is 5.82. The second-order valence-corrected chi connectivity index (χ2v) is 8.80. The van der Waals surface area contributed by atoms with E-state index in [1.807, 2.05) is 0 Å². The predicted octanol–water partition coefficient (Wildman–Crippen LogP) is 3.91. The Morgan fingerprint density at radius 1 is 1.14 bits per heavy atom. The fourth-order valence-electron chi connectivity index (χ4n) is 0.897. The van der Waals surface area contributed by atoms with Gasteiger partial charge in [0.05, 0.1) is 6.61 Å². The SMILES string of the molecule is CCC/C=C(/OCCC)O[Si](C)(C)C. The van der Waals surface area contributed by atoms with E-state index in [2.05, 4.69) is 39.6 Å². The second kappa shape index (κ2) is 6.93. The molecule has 0 aliphatic heterocycles. The Labute approximate surface area is 89.4 Å². The first kappa shape index (κ1) is 13.6. The standard InChI is InChI=1S/C11H24O2Si/c1-6-8-9-11(12-10-7-2)13-14(3,4)5/h9H,6-8,10H2,1-5H3/b11-9-. The van der Waals surface area contributed by atoms with Gasteiger partial charge in [0.2, 0.25) is 8.32 Å². The highest BCUT2D eigenvalue weighted by Gasteiger charge is 2.18. The van der Waals surface area contributed by atoms with Crippen molar-refractivity contribution in [2.75, 3.05) is 6.61 Å². The maximum Gasteiger partial charge on any atom is 0.261 e. The Kier molecular flexibility index (Phi) is 6.71. The van der Waals surface area contributed by atoms with Crippen molar-refractivity contribution in [1.29, 1.82) is 0 Å². The van der Waals surface area contributed by atoms with Gasteiger partial charge in [-0.05, 0) is 38.6 Å². The molecular weight excluding hydrogens is 192 g/mol. The van der Waals surface area contributed by atoms with Crippen LogP contribution in [0.3, 0.4) is 0 Å². The van der Waals surface area contributed by atoms with E-state index < -0.39 is 8.32 Å². The minimum absolute atomic E-state index is 0.743. The molecule has 0 N–H and O–H groups in total. The Bertz CT molecular complexity index is 171. The summed E-state index contributed by atoms with van der Waals surface area (Å²) in [6.45, 7) is 11.5. The van der Waals surface area contributed by atoms with Crippen LogP contribution in [0.15, 0.2) is 12.0 Å². The molecule has 14 heavy (non-hydrogen) atoms. The summed E-state index contributed by atoms with van der Waals surface area (Å²) in [5.74, 6) is 0.743. The van der Waals surface area contributed by atoms with E-state index >= 15 is 0 Å². The van der Waals surface area contributed by atoms with Crippen LogP contribution in [0.1, 0.15) is 33.1 Å². The van der Waals surface area contributed by atoms with Crippen molar-refractivity contribution in [1.82, 2.24) is 0 Å². The predicted molar refractivity (Wildman–Crippen MR) is 63.7 cm³/mol. The molecule has 0 rings (SSSR count). The van der Waals surface area contributed by atoms with Crippen LogP contribution in [0.5, 0.6) is 0 Å². The lowest BCUT2D eigenvalue weighted by atomic mass is 10.3. The van der Waals surface area contributed by atoms with Crippen molar-refractivity contribution in [3.63, 3.8) is 0 Å². The Hall–Kier alpha value is -0.443. The van der Waals surface area contributed by atoms with E-state index in [9.17, 15) is 0 Å². The Balaban J connectivity index is 4.10. The number of rotatable bonds is 7. The zero-order valence-electron chi connectivity index (χ0n) is 10.2. The number of unbranched alkanes of at least 4 members (excludes halogenated alkanes) is 1. The summed E-state index contributed by atoms with van der Waals surface area (Å²) < 4.78 is 11.4. The topological polar surface area (TPSA) is 18.5 Å². The molecular formula is C11H24O2Si. The zero-order chi connectivity index (χ0) is 11.0. The molecule has 0 aromatic carbocycles. The molecule has 0 saturated carbocycles. The molecule has 0 amide bonds. The minimum Gasteiger partial charge on any atom is -0.520 e. The summed E-state index contributed by atoms with van der Waals surface area (Å²) in [5, 5.41) is 0. The van der Waals surface area contributed by atoms with Gasteiger partial charge >= 0.3 is 0 Å². The molecule has 84 valence electrons. The van der Waals surface area contributed by atoms with Gasteiger partial charge in [0.15, 0.2) is 0 Å². The van der Waals surface area contributed by atoms with E-state index in [4.69, 9.17) is 9.16 Å². The number of allylic oxidation sites excluding steroid dienone is 1. The van der Waals surface area contributed by atoms with Gasteiger partial charge in [0.1, 0.15) is 0 Å². The van der Waals surface area contributed by atoms with Crippen LogP contribution in [0, 0.1) is 0 Å². The van der Waals surface area contributed by atoms with E-state index in [1.54, 1.807) is 0 Å². The minimum atomic E-state index is -1.51. The van der Waals surface area contributed by atoms with E-state index in [0.717, 1.165) is 31.8 Å². The van der Waals surface area contributed by atoms with Crippen LogP contribution in [0.4, 0.5) is 0 Å².